The summed E-state index contributed by atoms with van der Waals surface area (Å²) < 4.78 is 15.0. The van der Waals surface area contributed by atoms with Crippen molar-refractivity contribution in [2.45, 2.75) is 12.5 Å². The van der Waals surface area contributed by atoms with Crippen LogP contribution in [0.1, 0.15) is 18.1 Å². The van der Waals surface area contributed by atoms with Gasteiger partial charge in [0.25, 0.3) is 0 Å². The van der Waals surface area contributed by atoms with Crippen LogP contribution in [-0.4, -0.2) is 45.8 Å². The highest BCUT2D eigenvalue weighted by molar-refractivity contribution is 6.34. The molecule has 170 valence electrons. The average Bonchev–Trinajstić information content (AvgIpc) is 3.20. The molecule has 0 aliphatic carbocycles. The van der Waals surface area contributed by atoms with Gasteiger partial charge in [-0.1, -0.05) is 35.3 Å². The summed E-state index contributed by atoms with van der Waals surface area (Å²) in [5.74, 6) is 0.346. The van der Waals surface area contributed by atoms with Gasteiger partial charge in [-0.15, -0.1) is 0 Å². The van der Waals surface area contributed by atoms with E-state index in [0.29, 0.717) is 16.0 Å². The Balaban J connectivity index is 1.31. The van der Waals surface area contributed by atoms with Gasteiger partial charge >= 0.3 is 0 Å². The van der Waals surface area contributed by atoms with E-state index in [1.54, 1.807) is 41.4 Å². The van der Waals surface area contributed by atoms with Crippen molar-refractivity contribution in [2.24, 2.45) is 5.73 Å². The molecule has 1 aromatic carbocycles. The minimum atomic E-state index is -0.827. The lowest BCUT2D eigenvalue weighted by Gasteiger charge is -2.36. The van der Waals surface area contributed by atoms with E-state index in [1.807, 2.05) is 13.0 Å². The zero-order valence-electron chi connectivity index (χ0n) is 17.9. The molecule has 2 N–H and O–H groups in total. The summed E-state index contributed by atoms with van der Waals surface area (Å²) in [6, 6.07) is 8.04. The van der Waals surface area contributed by atoms with E-state index in [2.05, 4.69) is 24.9 Å². The Kier molecular flexibility index (Phi) is 5.60. The highest BCUT2D eigenvalue weighted by Gasteiger charge is 2.27. The second-order valence-corrected chi connectivity index (χ2v) is 9.13. The number of nitrogens with zero attached hydrogens (tertiary/aromatic N) is 6. The molecule has 10 heteroatoms. The van der Waals surface area contributed by atoms with Crippen LogP contribution in [-0.2, 0) is 5.54 Å². The summed E-state index contributed by atoms with van der Waals surface area (Å²) in [5, 5.41) is 5.50. The number of anilines is 2. The zero-order chi connectivity index (χ0) is 23.2. The van der Waals surface area contributed by atoms with Crippen molar-refractivity contribution in [1.82, 2.24) is 19.6 Å². The Morgan fingerprint density at radius 3 is 2.24 bits per heavy atom. The molecule has 1 saturated heterocycles. The lowest BCUT2D eigenvalue weighted by molar-refractivity contribution is 0.585. The predicted molar refractivity (Wildman–Crippen MR) is 129 cm³/mol. The van der Waals surface area contributed by atoms with E-state index in [4.69, 9.17) is 28.9 Å². The molecule has 33 heavy (non-hydrogen) atoms. The van der Waals surface area contributed by atoms with Crippen molar-refractivity contribution >= 4 is 40.4 Å². The van der Waals surface area contributed by atoms with Gasteiger partial charge in [-0.3, -0.25) is 0 Å². The third-order valence-corrected chi connectivity index (χ3v) is 6.58. The van der Waals surface area contributed by atoms with Gasteiger partial charge in [0.1, 0.15) is 5.82 Å². The number of nitrogens with two attached hydrogens (primary N) is 1. The fourth-order valence-corrected chi connectivity index (χ4v) is 4.60. The summed E-state index contributed by atoms with van der Waals surface area (Å²) in [4.78, 5) is 13.5. The number of hydrogen-bond acceptors (Lipinski definition) is 6. The topological polar surface area (TPSA) is 75.6 Å². The molecule has 3 aromatic heterocycles. The predicted octanol–water partition coefficient (Wildman–Crippen LogP) is 4.12. The smallest absolute Gasteiger partial charge is 0.225 e. The number of hydrogen-bond donors (Lipinski definition) is 1. The SMILES string of the molecule is CC(N)(c1ccc(F)cc1)c1cnc(N2CCN(c3c(Cl)cnn4cc(Cl)cc34)CC2)nc1. The maximum Gasteiger partial charge on any atom is 0.225 e. The minimum Gasteiger partial charge on any atom is -0.365 e. The second-order valence-electron chi connectivity index (χ2n) is 8.28. The van der Waals surface area contributed by atoms with Gasteiger partial charge in [0.05, 0.1) is 33.0 Å². The highest BCUT2D eigenvalue weighted by atomic mass is 35.5. The molecule has 7 nitrogen and oxygen atoms in total. The Labute approximate surface area is 200 Å². The molecule has 0 saturated carbocycles. The van der Waals surface area contributed by atoms with Crippen LogP contribution in [0.2, 0.25) is 10.0 Å². The third-order valence-electron chi connectivity index (χ3n) is 6.09. The van der Waals surface area contributed by atoms with Gasteiger partial charge in [-0.2, -0.15) is 5.10 Å². The van der Waals surface area contributed by atoms with E-state index < -0.39 is 5.54 Å². The van der Waals surface area contributed by atoms with E-state index in [0.717, 1.165) is 48.5 Å². The van der Waals surface area contributed by atoms with Crippen LogP contribution in [0.15, 0.2) is 55.1 Å². The van der Waals surface area contributed by atoms with Gasteiger partial charge in [0, 0.05) is 50.3 Å². The lowest BCUT2D eigenvalue weighted by Crippen LogP contribution is -2.47. The summed E-state index contributed by atoms with van der Waals surface area (Å²) >= 11 is 12.7. The number of aromatic nitrogens is 4. The van der Waals surface area contributed by atoms with Gasteiger partial charge in [-0.25, -0.2) is 18.9 Å². The molecule has 1 aliphatic heterocycles. The summed E-state index contributed by atoms with van der Waals surface area (Å²) in [6.07, 6.45) is 6.88. The molecule has 1 fully saturated rings. The second kappa shape index (κ2) is 8.44. The van der Waals surface area contributed by atoms with Crippen LogP contribution >= 0.6 is 23.2 Å². The highest BCUT2D eigenvalue weighted by Crippen LogP contribution is 2.33. The van der Waals surface area contributed by atoms with Crippen molar-refractivity contribution in [3.63, 3.8) is 0 Å². The van der Waals surface area contributed by atoms with E-state index >= 15 is 0 Å². The monoisotopic (exact) mass is 485 g/mol. The molecule has 4 heterocycles. The molecular formula is C23H22Cl2FN7. The number of piperazine rings is 1. The quantitative estimate of drug-likeness (QED) is 0.468. The van der Waals surface area contributed by atoms with Crippen molar-refractivity contribution in [3.8, 4) is 0 Å². The first-order valence-electron chi connectivity index (χ1n) is 10.5. The van der Waals surface area contributed by atoms with E-state index in [1.165, 1.54) is 12.1 Å². The first-order chi connectivity index (χ1) is 15.8. The maximum absolute atomic E-state index is 13.3. The molecule has 0 amide bonds. The standard InChI is InChI=1S/C23H22Cl2FN7/c1-23(27,15-2-4-18(26)5-3-15)16-11-28-22(29-12-16)32-8-6-31(7-9-32)21-19(25)13-30-33-14-17(24)10-20(21)33/h2-5,10-14H,6-9,27H2,1H3. The first kappa shape index (κ1) is 21.9. The molecule has 0 radical (unpaired) electrons. The van der Waals surface area contributed by atoms with Crippen LogP contribution in [0.4, 0.5) is 16.0 Å². The van der Waals surface area contributed by atoms with E-state index in [9.17, 15) is 4.39 Å². The van der Waals surface area contributed by atoms with Crippen molar-refractivity contribution in [3.05, 3.63) is 82.1 Å². The van der Waals surface area contributed by atoms with Gasteiger partial charge in [0.2, 0.25) is 5.95 Å². The molecule has 4 aromatic rings. The number of halogens is 3. The number of benzene rings is 1. The Hall–Kier alpha value is -2.94. The third kappa shape index (κ3) is 4.10. The molecule has 1 unspecified atom stereocenters. The maximum atomic E-state index is 13.3. The number of fused-ring (bicyclic) bond motifs is 1. The fraction of sp³-hybridized carbons (Fsp3) is 0.261. The summed E-state index contributed by atoms with van der Waals surface area (Å²) in [7, 11) is 0. The minimum absolute atomic E-state index is 0.297. The van der Waals surface area contributed by atoms with Crippen LogP contribution in [0.3, 0.4) is 0 Å². The molecule has 1 atom stereocenters. The molecule has 0 spiro atoms. The van der Waals surface area contributed by atoms with Crippen LogP contribution in [0.5, 0.6) is 0 Å². The summed E-state index contributed by atoms with van der Waals surface area (Å²) in [5.41, 5.74) is 9.06. The molecule has 0 bridgehead atoms. The zero-order valence-corrected chi connectivity index (χ0v) is 19.4. The Morgan fingerprint density at radius 1 is 0.939 bits per heavy atom. The van der Waals surface area contributed by atoms with Gasteiger partial charge in [0.15, 0.2) is 0 Å². The van der Waals surface area contributed by atoms with Crippen LogP contribution < -0.4 is 15.5 Å². The first-order valence-corrected chi connectivity index (χ1v) is 11.3. The lowest BCUT2D eigenvalue weighted by atomic mass is 9.87. The average molecular weight is 486 g/mol. The normalized spacial score (nSPS) is 16.3. The van der Waals surface area contributed by atoms with Crippen molar-refractivity contribution in [1.29, 1.82) is 0 Å². The fourth-order valence-electron chi connectivity index (χ4n) is 4.15. The Bertz CT molecular complexity index is 1280. The van der Waals surface area contributed by atoms with E-state index in [-0.39, 0.29) is 5.82 Å². The Morgan fingerprint density at radius 2 is 1.58 bits per heavy atom. The van der Waals surface area contributed by atoms with Crippen molar-refractivity contribution < 1.29 is 4.39 Å². The largest absolute Gasteiger partial charge is 0.365 e. The van der Waals surface area contributed by atoms with Crippen LogP contribution in [0, 0.1) is 5.82 Å². The molecular weight excluding hydrogens is 464 g/mol. The van der Waals surface area contributed by atoms with Crippen LogP contribution in [0.25, 0.3) is 5.52 Å². The van der Waals surface area contributed by atoms with Gasteiger partial charge < -0.3 is 15.5 Å². The number of rotatable bonds is 4. The molecule has 5 rings (SSSR count). The van der Waals surface area contributed by atoms with Crippen molar-refractivity contribution in [2.75, 3.05) is 36.0 Å². The molecule has 1 aliphatic rings. The summed E-state index contributed by atoms with van der Waals surface area (Å²) in [6.45, 7) is 4.83. The van der Waals surface area contributed by atoms with Gasteiger partial charge in [-0.05, 0) is 30.7 Å².